The summed E-state index contributed by atoms with van der Waals surface area (Å²) in [5, 5.41) is 4.28. The van der Waals surface area contributed by atoms with E-state index < -0.39 is 24.3 Å². The molecule has 1 amide bonds. The molecular weight excluding hydrogens is 415 g/mol. The molecule has 8 nitrogen and oxygen atoms in total. The van der Waals surface area contributed by atoms with Crippen LogP contribution in [0.15, 0.2) is 48.8 Å². The van der Waals surface area contributed by atoms with Crippen LogP contribution < -0.4 is 4.74 Å². The Bertz CT molecular complexity index is 1100. The summed E-state index contributed by atoms with van der Waals surface area (Å²) in [7, 11) is 2.93. The quantitative estimate of drug-likeness (QED) is 0.500. The number of esters is 1. The van der Waals surface area contributed by atoms with E-state index in [1.807, 2.05) is 19.9 Å². The number of benzene rings is 1. The van der Waals surface area contributed by atoms with Crippen molar-refractivity contribution in [1.82, 2.24) is 19.7 Å². The van der Waals surface area contributed by atoms with Crippen LogP contribution >= 0.6 is 0 Å². The molecule has 0 unspecified atom stereocenters. The van der Waals surface area contributed by atoms with E-state index in [1.54, 1.807) is 36.1 Å². The van der Waals surface area contributed by atoms with E-state index in [1.165, 1.54) is 30.3 Å². The maximum Gasteiger partial charge on any atom is 0.342 e. The lowest BCUT2D eigenvalue weighted by Gasteiger charge is -2.18. The van der Waals surface area contributed by atoms with Gasteiger partial charge in [0.1, 0.15) is 5.56 Å². The van der Waals surface area contributed by atoms with Crippen LogP contribution in [0.3, 0.4) is 0 Å². The Morgan fingerprint density at radius 2 is 2.00 bits per heavy atom. The molecule has 9 heteroatoms. The highest BCUT2D eigenvalue weighted by molar-refractivity contribution is 5.92. The lowest BCUT2D eigenvalue weighted by molar-refractivity contribution is -0.133. The van der Waals surface area contributed by atoms with Gasteiger partial charge in [-0.05, 0) is 35.7 Å². The Labute approximate surface area is 185 Å². The Morgan fingerprint density at radius 3 is 2.62 bits per heavy atom. The van der Waals surface area contributed by atoms with Crippen molar-refractivity contribution in [3.05, 3.63) is 71.4 Å². The first-order chi connectivity index (χ1) is 15.3. The average Bonchev–Trinajstić information content (AvgIpc) is 3.23. The van der Waals surface area contributed by atoms with E-state index in [4.69, 9.17) is 9.47 Å². The summed E-state index contributed by atoms with van der Waals surface area (Å²) in [5.74, 6) is -0.902. The summed E-state index contributed by atoms with van der Waals surface area (Å²) in [6.45, 7) is 3.58. The number of halogens is 1. The fourth-order valence-electron chi connectivity index (χ4n) is 3.22. The minimum atomic E-state index is -0.645. The van der Waals surface area contributed by atoms with Gasteiger partial charge in [0.15, 0.2) is 24.0 Å². The van der Waals surface area contributed by atoms with Crippen molar-refractivity contribution in [2.24, 2.45) is 0 Å². The molecule has 0 saturated heterocycles. The molecule has 0 aliphatic heterocycles. The number of hydrogen-bond donors (Lipinski definition) is 0. The van der Waals surface area contributed by atoms with Crippen LogP contribution in [0.2, 0.25) is 0 Å². The Morgan fingerprint density at radius 1 is 1.22 bits per heavy atom. The second kappa shape index (κ2) is 10.0. The molecule has 3 aromatic rings. The molecule has 0 saturated carbocycles. The lowest BCUT2D eigenvalue weighted by atomic mass is 10.1. The van der Waals surface area contributed by atoms with Crippen LogP contribution in [0.25, 0.3) is 5.82 Å². The van der Waals surface area contributed by atoms with Crippen molar-refractivity contribution >= 4 is 11.9 Å². The number of ether oxygens (including phenoxy) is 2. The van der Waals surface area contributed by atoms with E-state index in [9.17, 15) is 14.0 Å². The predicted molar refractivity (Wildman–Crippen MR) is 115 cm³/mol. The fraction of sp³-hybridized carbons (Fsp3) is 0.304. The smallest absolute Gasteiger partial charge is 0.342 e. The predicted octanol–water partition coefficient (Wildman–Crippen LogP) is 3.35. The number of hydrogen-bond acceptors (Lipinski definition) is 6. The summed E-state index contributed by atoms with van der Waals surface area (Å²) in [6.07, 6.45) is 3.06. The third kappa shape index (κ3) is 5.11. The van der Waals surface area contributed by atoms with Crippen LogP contribution in [0.5, 0.6) is 5.75 Å². The van der Waals surface area contributed by atoms with Gasteiger partial charge in [0, 0.05) is 19.8 Å². The van der Waals surface area contributed by atoms with Crippen LogP contribution in [0.4, 0.5) is 4.39 Å². The van der Waals surface area contributed by atoms with Gasteiger partial charge < -0.3 is 14.4 Å². The van der Waals surface area contributed by atoms with Crippen molar-refractivity contribution in [3.8, 4) is 11.6 Å². The van der Waals surface area contributed by atoms with E-state index in [-0.39, 0.29) is 23.8 Å². The van der Waals surface area contributed by atoms with Gasteiger partial charge >= 0.3 is 5.97 Å². The highest BCUT2D eigenvalue weighted by atomic mass is 19.1. The van der Waals surface area contributed by atoms with Gasteiger partial charge in [0.25, 0.3) is 5.91 Å². The minimum Gasteiger partial charge on any atom is -0.494 e. The summed E-state index contributed by atoms with van der Waals surface area (Å²) in [4.78, 5) is 30.7. The molecule has 1 aromatic carbocycles. The second-order valence-electron chi connectivity index (χ2n) is 7.49. The van der Waals surface area contributed by atoms with Gasteiger partial charge in [-0.2, -0.15) is 5.10 Å². The first-order valence-electron chi connectivity index (χ1n) is 10.0. The molecule has 0 atom stereocenters. The number of amides is 1. The standard InChI is InChI=1S/C23H25FN4O4/c1-15(2)22-17(12-26-28(22)20-7-5-6-10-25-20)23(30)32-14-21(29)27(3)13-16-8-9-19(31-4)18(24)11-16/h5-12,15H,13-14H2,1-4H3. The molecule has 0 bridgehead atoms. The zero-order valence-electron chi connectivity index (χ0n) is 18.4. The molecule has 3 rings (SSSR count). The largest absolute Gasteiger partial charge is 0.494 e. The normalized spacial score (nSPS) is 10.8. The maximum atomic E-state index is 13.9. The summed E-state index contributed by atoms with van der Waals surface area (Å²) >= 11 is 0. The molecule has 32 heavy (non-hydrogen) atoms. The molecule has 0 aliphatic carbocycles. The summed E-state index contributed by atoms with van der Waals surface area (Å²) in [5.41, 5.74) is 1.51. The van der Waals surface area contributed by atoms with E-state index >= 15 is 0 Å². The number of pyridine rings is 1. The van der Waals surface area contributed by atoms with Crippen LogP contribution in [0.1, 0.15) is 41.4 Å². The second-order valence-corrected chi connectivity index (χ2v) is 7.49. The summed E-state index contributed by atoms with van der Waals surface area (Å²) < 4.78 is 25.6. The van der Waals surface area contributed by atoms with Crippen LogP contribution in [0, 0.1) is 5.82 Å². The lowest BCUT2D eigenvalue weighted by Crippen LogP contribution is -2.31. The van der Waals surface area contributed by atoms with E-state index in [0.29, 0.717) is 17.1 Å². The van der Waals surface area contributed by atoms with Gasteiger partial charge in [0.2, 0.25) is 0 Å². The molecule has 0 N–H and O–H groups in total. The molecule has 0 aliphatic rings. The van der Waals surface area contributed by atoms with Crippen LogP contribution in [-0.4, -0.2) is 52.3 Å². The monoisotopic (exact) mass is 440 g/mol. The molecule has 2 aromatic heterocycles. The molecule has 2 heterocycles. The van der Waals surface area contributed by atoms with Crippen LogP contribution in [-0.2, 0) is 16.1 Å². The molecule has 168 valence electrons. The fourth-order valence-corrected chi connectivity index (χ4v) is 3.22. The Kier molecular flexibility index (Phi) is 7.19. The highest BCUT2D eigenvalue weighted by Crippen LogP contribution is 2.23. The van der Waals surface area contributed by atoms with E-state index in [2.05, 4.69) is 10.1 Å². The number of nitrogens with zero attached hydrogens (tertiary/aromatic N) is 4. The van der Waals surface area contributed by atoms with Gasteiger partial charge in [-0.15, -0.1) is 0 Å². The number of methoxy groups -OCH3 is 1. The van der Waals surface area contributed by atoms with Crippen molar-refractivity contribution in [2.75, 3.05) is 20.8 Å². The van der Waals surface area contributed by atoms with Gasteiger partial charge in [-0.1, -0.05) is 26.0 Å². The third-order valence-electron chi connectivity index (χ3n) is 4.83. The molecule has 0 radical (unpaired) electrons. The van der Waals surface area contributed by atoms with Crippen molar-refractivity contribution < 1.29 is 23.5 Å². The number of carbonyl (C=O) groups excluding carboxylic acids is 2. The Balaban J connectivity index is 1.65. The molecular formula is C23H25FN4O4. The Hall–Kier alpha value is -3.75. The van der Waals surface area contributed by atoms with E-state index in [0.717, 1.165) is 0 Å². The zero-order valence-corrected chi connectivity index (χ0v) is 18.4. The minimum absolute atomic E-state index is 0.0367. The van der Waals surface area contributed by atoms with Crippen molar-refractivity contribution in [3.63, 3.8) is 0 Å². The summed E-state index contributed by atoms with van der Waals surface area (Å²) in [6, 6.07) is 9.87. The number of carbonyl (C=O) groups is 2. The molecule has 0 spiro atoms. The van der Waals surface area contributed by atoms with Gasteiger partial charge in [-0.25, -0.2) is 18.9 Å². The first kappa shape index (κ1) is 22.9. The topological polar surface area (TPSA) is 86.5 Å². The van der Waals surface area contributed by atoms with Crippen molar-refractivity contribution in [2.45, 2.75) is 26.3 Å². The number of rotatable bonds is 8. The average molecular weight is 440 g/mol. The van der Waals surface area contributed by atoms with Crippen molar-refractivity contribution in [1.29, 1.82) is 0 Å². The third-order valence-corrected chi connectivity index (χ3v) is 4.83. The highest BCUT2D eigenvalue weighted by Gasteiger charge is 2.23. The maximum absolute atomic E-state index is 13.9. The first-order valence-corrected chi connectivity index (χ1v) is 10.0. The van der Waals surface area contributed by atoms with Gasteiger partial charge in [0.05, 0.1) is 19.0 Å². The number of likely N-dealkylation sites (N-methyl/N-ethyl adjacent to an activating group) is 1. The number of aromatic nitrogens is 3. The van der Waals surface area contributed by atoms with Gasteiger partial charge in [-0.3, -0.25) is 4.79 Å². The zero-order chi connectivity index (χ0) is 23.3. The SMILES string of the molecule is COc1ccc(CN(C)C(=O)COC(=O)c2cnn(-c3ccccn3)c2C(C)C)cc1F. The molecule has 0 fully saturated rings.